The van der Waals surface area contributed by atoms with E-state index >= 15 is 0 Å². The van der Waals surface area contributed by atoms with Gasteiger partial charge in [0.05, 0.1) is 23.0 Å². The molecule has 0 spiro atoms. The van der Waals surface area contributed by atoms with E-state index in [0.717, 1.165) is 35.8 Å². The van der Waals surface area contributed by atoms with Crippen molar-refractivity contribution in [2.45, 2.75) is 37.8 Å². The van der Waals surface area contributed by atoms with Gasteiger partial charge in [0.25, 0.3) is 0 Å². The number of rotatable bonds is 7. The Bertz CT molecular complexity index is 1460. The van der Waals surface area contributed by atoms with Gasteiger partial charge in [-0.25, -0.2) is 27.8 Å². The van der Waals surface area contributed by atoms with Crippen molar-refractivity contribution >= 4 is 27.6 Å². The molecular formula is C24H26ClF4N7O2S. The standard InChI is InChI=1S/C24H26ClF4N7O2S/c1-39(37,38)36-8-5-19(18(26)12-36)32-23-30-10-16(24(27,28)29)22(33-23)20-13-35(14-31-20)21-4-3-15(9-17(21)25)11-34-6-2-7-34/h3-4,9-10,13-14,18-19H,2,5-8,11-12H2,1H3,(H,30,32,33)/t18-,19+/m1/s1. The van der Waals surface area contributed by atoms with E-state index in [-0.39, 0.29) is 31.2 Å². The van der Waals surface area contributed by atoms with Gasteiger partial charge in [0.15, 0.2) is 0 Å². The zero-order valence-electron chi connectivity index (χ0n) is 20.9. The van der Waals surface area contributed by atoms with E-state index < -0.39 is 39.7 Å². The lowest BCUT2D eigenvalue weighted by atomic mass is 10.1. The SMILES string of the molecule is CS(=O)(=O)N1CC[C@H](Nc2ncc(C(F)(F)F)c(-c3cn(-c4ccc(CN5CCC5)cc4Cl)cn3)n2)[C@H](F)C1. The summed E-state index contributed by atoms with van der Waals surface area (Å²) in [5.41, 5.74) is -0.0757. The minimum atomic E-state index is -4.77. The molecule has 0 radical (unpaired) electrons. The normalized spacial score (nSPS) is 21.1. The van der Waals surface area contributed by atoms with Crippen LogP contribution in [0.15, 0.2) is 36.9 Å². The molecule has 2 atom stereocenters. The van der Waals surface area contributed by atoms with E-state index in [9.17, 15) is 26.0 Å². The van der Waals surface area contributed by atoms with Crippen molar-refractivity contribution in [2.24, 2.45) is 0 Å². The average molecular weight is 588 g/mol. The van der Waals surface area contributed by atoms with Crippen LogP contribution in [0.4, 0.5) is 23.5 Å². The molecule has 2 aliphatic rings. The summed E-state index contributed by atoms with van der Waals surface area (Å²) in [5.74, 6) is -0.221. The van der Waals surface area contributed by atoms with Crippen molar-refractivity contribution in [3.05, 3.63) is 53.1 Å². The van der Waals surface area contributed by atoms with Crippen LogP contribution in [0.5, 0.6) is 0 Å². The fourth-order valence-corrected chi connectivity index (χ4v) is 5.74. The molecule has 39 heavy (non-hydrogen) atoms. The van der Waals surface area contributed by atoms with Gasteiger partial charge in [-0.3, -0.25) is 4.90 Å². The van der Waals surface area contributed by atoms with Crippen LogP contribution in [0.3, 0.4) is 0 Å². The molecule has 0 amide bonds. The van der Waals surface area contributed by atoms with E-state index in [1.807, 2.05) is 12.1 Å². The molecule has 5 rings (SSSR count). The summed E-state index contributed by atoms with van der Waals surface area (Å²) in [6.45, 7) is 2.53. The number of anilines is 1. The Kier molecular flexibility index (Phi) is 7.57. The van der Waals surface area contributed by atoms with E-state index in [0.29, 0.717) is 16.9 Å². The third-order valence-corrected chi connectivity index (χ3v) is 8.42. The number of sulfonamides is 1. The first-order chi connectivity index (χ1) is 18.4. The van der Waals surface area contributed by atoms with Crippen molar-refractivity contribution in [3.63, 3.8) is 0 Å². The Morgan fingerprint density at radius 2 is 1.95 bits per heavy atom. The van der Waals surface area contributed by atoms with Crippen LogP contribution < -0.4 is 5.32 Å². The zero-order chi connectivity index (χ0) is 27.9. The van der Waals surface area contributed by atoms with Crippen molar-refractivity contribution in [1.82, 2.24) is 28.7 Å². The lowest BCUT2D eigenvalue weighted by molar-refractivity contribution is -0.137. The van der Waals surface area contributed by atoms with Gasteiger partial charge in [0, 0.05) is 32.0 Å². The molecule has 0 unspecified atom stereocenters. The van der Waals surface area contributed by atoms with Crippen molar-refractivity contribution in [1.29, 1.82) is 0 Å². The Labute approximate surface area is 227 Å². The summed E-state index contributed by atoms with van der Waals surface area (Å²) in [6, 6.07) is 4.64. The number of nitrogens with one attached hydrogen (secondary N) is 1. The van der Waals surface area contributed by atoms with E-state index in [1.54, 1.807) is 6.07 Å². The first-order valence-corrected chi connectivity index (χ1v) is 14.5. The predicted molar refractivity (Wildman–Crippen MR) is 138 cm³/mol. The van der Waals surface area contributed by atoms with Crippen LogP contribution in [-0.4, -0.2) is 81.8 Å². The molecule has 2 saturated heterocycles. The molecule has 15 heteroatoms. The van der Waals surface area contributed by atoms with Gasteiger partial charge < -0.3 is 9.88 Å². The highest BCUT2D eigenvalue weighted by atomic mass is 35.5. The third-order valence-electron chi connectivity index (χ3n) is 6.85. The maximum atomic E-state index is 14.7. The van der Waals surface area contributed by atoms with Crippen LogP contribution >= 0.6 is 11.6 Å². The van der Waals surface area contributed by atoms with Crippen LogP contribution in [-0.2, 0) is 22.7 Å². The molecule has 210 valence electrons. The highest BCUT2D eigenvalue weighted by molar-refractivity contribution is 7.88. The molecule has 1 N–H and O–H groups in total. The van der Waals surface area contributed by atoms with Crippen LogP contribution in [0.2, 0.25) is 5.02 Å². The monoisotopic (exact) mass is 587 g/mol. The molecule has 2 aromatic heterocycles. The van der Waals surface area contributed by atoms with Crippen LogP contribution in [0, 0.1) is 0 Å². The Morgan fingerprint density at radius 3 is 2.56 bits per heavy atom. The number of piperidine rings is 1. The number of likely N-dealkylation sites (tertiary alicyclic amines) is 1. The lowest BCUT2D eigenvalue weighted by Crippen LogP contribution is -2.49. The Hall–Kier alpha value is -2.81. The molecule has 0 aliphatic carbocycles. The summed E-state index contributed by atoms with van der Waals surface area (Å²) in [5, 5.41) is 3.15. The highest BCUT2D eigenvalue weighted by Gasteiger charge is 2.37. The van der Waals surface area contributed by atoms with Gasteiger partial charge in [-0.15, -0.1) is 0 Å². The van der Waals surface area contributed by atoms with Gasteiger partial charge >= 0.3 is 6.18 Å². The molecule has 9 nitrogen and oxygen atoms in total. The number of hydrogen-bond donors (Lipinski definition) is 1. The first kappa shape index (κ1) is 27.7. The smallest absolute Gasteiger partial charge is 0.348 e. The molecule has 2 fully saturated rings. The zero-order valence-corrected chi connectivity index (χ0v) is 22.4. The molecule has 3 aromatic rings. The Morgan fingerprint density at radius 1 is 1.18 bits per heavy atom. The van der Waals surface area contributed by atoms with Gasteiger partial charge in [-0.1, -0.05) is 17.7 Å². The number of alkyl halides is 4. The number of nitrogens with zero attached hydrogens (tertiary/aromatic N) is 6. The lowest BCUT2D eigenvalue weighted by Gasteiger charge is -2.33. The molecule has 0 saturated carbocycles. The molecule has 2 aliphatic heterocycles. The highest BCUT2D eigenvalue weighted by Crippen LogP contribution is 2.36. The summed E-state index contributed by atoms with van der Waals surface area (Å²) in [7, 11) is -3.56. The minimum absolute atomic E-state index is 0.0619. The summed E-state index contributed by atoms with van der Waals surface area (Å²) >= 11 is 6.49. The quantitative estimate of drug-likeness (QED) is 0.418. The van der Waals surface area contributed by atoms with Gasteiger partial charge in [-0.2, -0.15) is 17.5 Å². The van der Waals surface area contributed by atoms with Crippen molar-refractivity contribution in [2.75, 3.05) is 37.8 Å². The average Bonchev–Trinajstić information content (AvgIpc) is 3.31. The van der Waals surface area contributed by atoms with E-state index in [2.05, 4.69) is 25.2 Å². The minimum Gasteiger partial charge on any atom is -0.348 e. The van der Waals surface area contributed by atoms with E-state index in [1.165, 1.54) is 23.5 Å². The number of halogens is 5. The second-order valence-corrected chi connectivity index (χ2v) is 12.1. The third kappa shape index (κ3) is 6.18. The molecular weight excluding hydrogens is 562 g/mol. The topological polar surface area (TPSA) is 96.2 Å². The predicted octanol–water partition coefficient (Wildman–Crippen LogP) is 3.99. The maximum absolute atomic E-state index is 14.7. The van der Waals surface area contributed by atoms with Crippen molar-refractivity contribution in [3.8, 4) is 17.1 Å². The van der Waals surface area contributed by atoms with Gasteiger partial charge in [0.2, 0.25) is 16.0 Å². The van der Waals surface area contributed by atoms with Gasteiger partial charge in [0.1, 0.15) is 29.5 Å². The second-order valence-electron chi connectivity index (χ2n) is 9.71. The van der Waals surface area contributed by atoms with Crippen LogP contribution in [0.1, 0.15) is 24.0 Å². The summed E-state index contributed by atoms with van der Waals surface area (Å²) in [6.07, 6.45) is -0.757. The van der Waals surface area contributed by atoms with Crippen LogP contribution in [0.25, 0.3) is 17.1 Å². The summed E-state index contributed by atoms with van der Waals surface area (Å²) in [4.78, 5) is 14.2. The molecule has 0 bridgehead atoms. The number of aromatic nitrogens is 4. The number of hydrogen-bond acceptors (Lipinski definition) is 7. The molecule has 1 aromatic carbocycles. The second kappa shape index (κ2) is 10.6. The number of imidazole rings is 1. The van der Waals surface area contributed by atoms with Gasteiger partial charge in [-0.05, 0) is 43.6 Å². The fourth-order valence-electron chi connectivity index (χ4n) is 4.59. The fraction of sp³-hybridized carbons (Fsp3) is 0.458. The Balaban J connectivity index is 1.39. The first-order valence-electron chi connectivity index (χ1n) is 12.2. The maximum Gasteiger partial charge on any atom is 0.420 e. The summed E-state index contributed by atoms with van der Waals surface area (Å²) < 4.78 is 82.2. The largest absolute Gasteiger partial charge is 0.420 e. The van der Waals surface area contributed by atoms with Crippen molar-refractivity contribution < 1.29 is 26.0 Å². The number of benzene rings is 1. The van der Waals surface area contributed by atoms with E-state index in [4.69, 9.17) is 11.6 Å². The molecule has 4 heterocycles.